The molecule has 0 amide bonds. The van der Waals surface area contributed by atoms with Gasteiger partial charge in [-0.1, -0.05) is 29.8 Å². The Morgan fingerprint density at radius 3 is 2.67 bits per heavy atom. The summed E-state index contributed by atoms with van der Waals surface area (Å²) in [7, 11) is 0. The van der Waals surface area contributed by atoms with Gasteiger partial charge in [0.15, 0.2) is 5.82 Å². The number of carboxylic acids is 1. The second-order valence-corrected chi connectivity index (χ2v) is 5.63. The molecule has 8 heteroatoms. The van der Waals surface area contributed by atoms with Crippen molar-refractivity contribution in [2.45, 2.75) is 0 Å². The first-order chi connectivity index (χ1) is 11.6. The SMILES string of the molecule is O=C(O)c1ccccc1/C=N/n1c(-c2ccc(Cl)cc2)n[nH]c1=S. The van der Waals surface area contributed by atoms with Crippen LogP contribution in [0.5, 0.6) is 0 Å². The maximum Gasteiger partial charge on any atom is 0.336 e. The van der Waals surface area contributed by atoms with E-state index in [2.05, 4.69) is 15.3 Å². The van der Waals surface area contributed by atoms with Gasteiger partial charge in [-0.25, -0.2) is 9.89 Å². The summed E-state index contributed by atoms with van der Waals surface area (Å²) in [6, 6.07) is 13.6. The third-order valence-electron chi connectivity index (χ3n) is 3.26. The number of carbonyl (C=O) groups is 1. The van der Waals surface area contributed by atoms with Crippen LogP contribution in [0.3, 0.4) is 0 Å². The summed E-state index contributed by atoms with van der Waals surface area (Å²) in [5, 5.41) is 20.9. The molecular weight excluding hydrogens is 348 g/mol. The minimum atomic E-state index is -1.02. The molecule has 2 N–H and O–H groups in total. The largest absolute Gasteiger partial charge is 0.478 e. The molecule has 0 spiro atoms. The molecule has 0 saturated heterocycles. The average Bonchev–Trinajstić information content (AvgIpc) is 2.94. The van der Waals surface area contributed by atoms with Gasteiger partial charge in [0.05, 0.1) is 11.8 Å². The standard InChI is InChI=1S/C16H11ClN4O2S/c17-12-7-5-10(6-8-12)14-19-20-16(24)21(14)18-9-11-3-1-2-4-13(11)15(22)23/h1-9H,(H,20,24)(H,22,23)/b18-9+. The molecule has 6 nitrogen and oxygen atoms in total. The number of nitrogens with zero attached hydrogens (tertiary/aromatic N) is 3. The minimum Gasteiger partial charge on any atom is -0.478 e. The molecule has 1 heterocycles. The Morgan fingerprint density at radius 1 is 1.25 bits per heavy atom. The number of H-pyrrole nitrogens is 1. The van der Waals surface area contributed by atoms with Gasteiger partial charge in [0, 0.05) is 16.1 Å². The van der Waals surface area contributed by atoms with Crippen LogP contribution in [0.1, 0.15) is 15.9 Å². The van der Waals surface area contributed by atoms with E-state index in [1.807, 2.05) is 0 Å². The third kappa shape index (κ3) is 3.27. The number of hydrogen-bond acceptors (Lipinski definition) is 4. The highest BCUT2D eigenvalue weighted by molar-refractivity contribution is 7.71. The molecule has 0 saturated carbocycles. The molecule has 0 aliphatic heterocycles. The van der Waals surface area contributed by atoms with Crippen molar-refractivity contribution in [1.29, 1.82) is 0 Å². The number of halogens is 1. The van der Waals surface area contributed by atoms with Crippen LogP contribution in [0.4, 0.5) is 0 Å². The van der Waals surface area contributed by atoms with E-state index >= 15 is 0 Å². The zero-order valence-corrected chi connectivity index (χ0v) is 13.8. The van der Waals surface area contributed by atoms with Crippen LogP contribution in [0.25, 0.3) is 11.4 Å². The van der Waals surface area contributed by atoms with E-state index in [0.29, 0.717) is 21.2 Å². The first-order valence-corrected chi connectivity index (χ1v) is 7.65. The topological polar surface area (TPSA) is 83.3 Å². The smallest absolute Gasteiger partial charge is 0.336 e. The average molecular weight is 359 g/mol. The van der Waals surface area contributed by atoms with Gasteiger partial charge in [-0.3, -0.25) is 0 Å². The normalized spacial score (nSPS) is 11.0. The van der Waals surface area contributed by atoms with Crippen molar-refractivity contribution >= 4 is 36.0 Å². The van der Waals surface area contributed by atoms with Crippen molar-refractivity contribution in [1.82, 2.24) is 14.9 Å². The molecule has 3 aromatic rings. The van der Waals surface area contributed by atoms with Gasteiger partial charge in [-0.05, 0) is 42.5 Å². The molecule has 0 aliphatic carbocycles. The highest BCUT2D eigenvalue weighted by Gasteiger charge is 2.10. The molecule has 0 unspecified atom stereocenters. The van der Waals surface area contributed by atoms with Crippen LogP contribution < -0.4 is 0 Å². The van der Waals surface area contributed by atoms with Crippen molar-refractivity contribution in [3.05, 3.63) is 69.5 Å². The van der Waals surface area contributed by atoms with E-state index in [9.17, 15) is 9.90 Å². The summed E-state index contributed by atoms with van der Waals surface area (Å²) < 4.78 is 1.72. The first kappa shape index (κ1) is 16.1. The van der Waals surface area contributed by atoms with Gasteiger partial charge in [-0.2, -0.15) is 14.9 Å². The van der Waals surface area contributed by atoms with Crippen LogP contribution in [-0.2, 0) is 0 Å². The fourth-order valence-electron chi connectivity index (χ4n) is 2.11. The number of hydrogen-bond donors (Lipinski definition) is 2. The maximum atomic E-state index is 11.3. The summed E-state index contributed by atoms with van der Waals surface area (Å²) in [5.74, 6) is -0.522. The zero-order valence-electron chi connectivity index (χ0n) is 12.2. The van der Waals surface area contributed by atoms with E-state index in [0.717, 1.165) is 5.56 Å². The monoisotopic (exact) mass is 358 g/mol. The Labute approximate surface area is 147 Å². The van der Waals surface area contributed by atoms with E-state index in [-0.39, 0.29) is 5.56 Å². The minimum absolute atomic E-state index is 0.157. The van der Waals surface area contributed by atoms with Crippen molar-refractivity contribution < 1.29 is 9.90 Å². The summed E-state index contributed by atoms with van der Waals surface area (Å²) >= 11 is 11.1. The zero-order chi connectivity index (χ0) is 17.1. The Balaban J connectivity index is 2.03. The number of aromatic amines is 1. The second kappa shape index (κ2) is 6.77. The quantitative estimate of drug-likeness (QED) is 0.548. The Kier molecular flexibility index (Phi) is 4.54. The second-order valence-electron chi connectivity index (χ2n) is 4.81. The molecule has 0 bridgehead atoms. The summed E-state index contributed by atoms with van der Waals surface area (Å²) in [4.78, 5) is 11.3. The van der Waals surface area contributed by atoms with E-state index in [1.54, 1.807) is 42.5 Å². The first-order valence-electron chi connectivity index (χ1n) is 6.86. The van der Waals surface area contributed by atoms with E-state index < -0.39 is 5.97 Å². The predicted molar refractivity (Wildman–Crippen MR) is 94.3 cm³/mol. The Bertz CT molecular complexity index is 976. The maximum absolute atomic E-state index is 11.3. The van der Waals surface area contributed by atoms with Gasteiger partial charge in [0.25, 0.3) is 0 Å². The number of benzene rings is 2. The molecular formula is C16H11ClN4O2S. The number of rotatable bonds is 4. The molecule has 2 aromatic carbocycles. The van der Waals surface area contributed by atoms with Crippen LogP contribution in [0.2, 0.25) is 5.02 Å². The van der Waals surface area contributed by atoms with Gasteiger partial charge >= 0.3 is 5.97 Å². The number of carboxylic acid groups (broad SMARTS) is 1. The van der Waals surface area contributed by atoms with Gasteiger partial charge < -0.3 is 5.11 Å². The predicted octanol–water partition coefficient (Wildman–Crippen LogP) is 3.84. The van der Waals surface area contributed by atoms with Gasteiger partial charge in [0.1, 0.15) is 0 Å². The number of aromatic carboxylic acids is 1. The highest BCUT2D eigenvalue weighted by Crippen LogP contribution is 2.20. The van der Waals surface area contributed by atoms with E-state index in [1.165, 1.54) is 17.0 Å². The Morgan fingerprint density at radius 2 is 1.96 bits per heavy atom. The number of nitrogens with one attached hydrogen (secondary N) is 1. The molecule has 24 heavy (non-hydrogen) atoms. The Hall–Kier alpha value is -2.77. The third-order valence-corrected chi connectivity index (χ3v) is 3.77. The van der Waals surface area contributed by atoms with Gasteiger partial charge in [0.2, 0.25) is 4.77 Å². The summed E-state index contributed by atoms with van der Waals surface area (Å²) in [6.45, 7) is 0. The molecule has 3 rings (SSSR count). The van der Waals surface area contributed by atoms with Crippen molar-refractivity contribution in [3.63, 3.8) is 0 Å². The molecule has 0 radical (unpaired) electrons. The van der Waals surface area contributed by atoms with Crippen LogP contribution >= 0.6 is 23.8 Å². The molecule has 0 fully saturated rings. The molecule has 1 aromatic heterocycles. The fraction of sp³-hybridized carbons (Fsp3) is 0. The highest BCUT2D eigenvalue weighted by atomic mass is 35.5. The molecule has 0 aliphatic rings. The van der Waals surface area contributed by atoms with E-state index in [4.69, 9.17) is 23.8 Å². The van der Waals surface area contributed by atoms with Crippen molar-refractivity contribution in [2.75, 3.05) is 0 Å². The van der Waals surface area contributed by atoms with Crippen LogP contribution in [0, 0.1) is 4.77 Å². The van der Waals surface area contributed by atoms with Gasteiger partial charge in [-0.15, -0.1) is 0 Å². The lowest BCUT2D eigenvalue weighted by atomic mass is 10.1. The lowest BCUT2D eigenvalue weighted by Crippen LogP contribution is -2.02. The lowest BCUT2D eigenvalue weighted by molar-refractivity contribution is 0.0697. The molecule has 120 valence electrons. The summed E-state index contributed by atoms with van der Waals surface area (Å²) in [5.41, 5.74) is 1.40. The van der Waals surface area contributed by atoms with Crippen LogP contribution in [0.15, 0.2) is 53.6 Å². The van der Waals surface area contributed by atoms with Crippen molar-refractivity contribution in [3.8, 4) is 11.4 Å². The van der Waals surface area contributed by atoms with Crippen molar-refractivity contribution in [2.24, 2.45) is 5.10 Å². The molecule has 0 atom stereocenters. The fourth-order valence-corrected chi connectivity index (χ4v) is 2.41. The van der Waals surface area contributed by atoms with Crippen LogP contribution in [-0.4, -0.2) is 32.2 Å². The lowest BCUT2D eigenvalue weighted by Gasteiger charge is -2.02. The summed E-state index contributed by atoms with van der Waals surface area (Å²) in [6.07, 6.45) is 1.44. The number of aromatic nitrogens is 3.